The first-order chi connectivity index (χ1) is 15.4. The van der Waals surface area contributed by atoms with Gasteiger partial charge in [0.05, 0.1) is 17.3 Å². The number of hydrogen-bond acceptors (Lipinski definition) is 7. The third-order valence-corrected chi connectivity index (χ3v) is 6.07. The number of rotatable bonds is 3. The van der Waals surface area contributed by atoms with Crippen LogP contribution in [0.15, 0.2) is 24.4 Å². The van der Waals surface area contributed by atoms with Crippen LogP contribution in [0.1, 0.15) is 58.9 Å². The molecule has 0 radical (unpaired) electrons. The molecule has 2 N–H and O–H groups in total. The van der Waals surface area contributed by atoms with Crippen molar-refractivity contribution in [2.24, 2.45) is 0 Å². The molecule has 0 bridgehead atoms. The number of fused-ring (bicyclic) bond motifs is 1. The van der Waals surface area contributed by atoms with Crippen LogP contribution in [0.2, 0.25) is 0 Å². The summed E-state index contributed by atoms with van der Waals surface area (Å²) in [5.74, 6) is -2.33. The topological polar surface area (TPSA) is 143 Å². The number of nitrogens with zero attached hydrogens (tertiary/aromatic N) is 4. The molecule has 3 aliphatic rings. The van der Waals surface area contributed by atoms with Gasteiger partial charge in [0.15, 0.2) is 0 Å². The van der Waals surface area contributed by atoms with E-state index >= 15 is 0 Å². The lowest BCUT2D eigenvalue weighted by molar-refractivity contribution is -0.136. The largest absolute Gasteiger partial charge is 0.354 e. The van der Waals surface area contributed by atoms with Crippen molar-refractivity contribution in [3.63, 3.8) is 0 Å². The van der Waals surface area contributed by atoms with E-state index in [-0.39, 0.29) is 29.9 Å². The first-order valence-corrected chi connectivity index (χ1v) is 10.5. The van der Waals surface area contributed by atoms with Crippen LogP contribution in [0.25, 0.3) is 11.3 Å². The summed E-state index contributed by atoms with van der Waals surface area (Å²) in [5.41, 5.74) is 1.39. The highest BCUT2D eigenvalue weighted by Gasteiger charge is 2.44. The van der Waals surface area contributed by atoms with Gasteiger partial charge in [-0.2, -0.15) is 0 Å². The highest BCUT2D eigenvalue weighted by Crippen LogP contribution is 2.31. The molecule has 164 valence electrons. The number of carbonyl (C=O) groups is 5. The van der Waals surface area contributed by atoms with E-state index in [1.165, 1.54) is 10.7 Å². The Morgan fingerprint density at radius 2 is 1.72 bits per heavy atom. The number of hydrogen-bond donors (Lipinski definition) is 2. The molecule has 5 rings (SSSR count). The maximum absolute atomic E-state index is 13.0. The lowest BCUT2D eigenvalue weighted by atomic mass is 10.0. The Morgan fingerprint density at radius 3 is 2.53 bits per heavy atom. The Bertz CT molecular complexity index is 1170. The fourth-order valence-corrected chi connectivity index (χ4v) is 4.37. The van der Waals surface area contributed by atoms with Crippen molar-refractivity contribution in [2.45, 2.75) is 44.2 Å². The number of imide groups is 2. The fourth-order valence-electron chi connectivity index (χ4n) is 4.37. The standard InChI is InChI=1S/C21H20N6O5/c28-17-7-6-16(19(30)23-17)27-20(31)12-5-4-11(9-13(12)21(27)32)14-10-26(25-24-14)15-3-1-2-8-22-18(15)29/h4-5,9-10,15-16H,1-3,6-8H2,(H,22,29)(H,23,28,30). The van der Waals surface area contributed by atoms with Crippen LogP contribution in [0.4, 0.5) is 0 Å². The third kappa shape index (κ3) is 3.26. The van der Waals surface area contributed by atoms with Crippen molar-refractivity contribution >= 4 is 29.5 Å². The number of carbonyl (C=O) groups excluding carboxylic acids is 5. The predicted molar refractivity (Wildman–Crippen MR) is 108 cm³/mol. The Balaban J connectivity index is 1.42. The Hall–Kier alpha value is -3.89. The monoisotopic (exact) mass is 436 g/mol. The summed E-state index contributed by atoms with van der Waals surface area (Å²) in [6.07, 6.45) is 4.27. The molecule has 0 aliphatic carbocycles. The van der Waals surface area contributed by atoms with Crippen molar-refractivity contribution in [1.82, 2.24) is 30.5 Å². The molecule has 2 atom stereocenters. The minimum absolute atomic E-state index is 0.0624. The molecule has 1 aromatic carbocycles. The zero-order chi connectivity index (χ0) is 22.4. The molecule has 11 nitrogen and oxygen atoms in total. The van der Waals surface area contributed by atoms with E-state index in [1.54, 1.807) is 18.3 Å². The Labute approximate surface area is 182 Å². The molecular formula is C21H20N6O5. The molecule has 2 fully saturated rings. The van der Waals surface area contributed by atoms with Crippen LogP contribution in [0, 0.1) is 0 Å². The third-order valence-electron chi connectivity index (χ3n) is 6.07. The van der Waals surface area contributed by atoms with Crippen molar-refractivity contribution < 1.29 is 24.0 Å². The SMILES string of the molecule is O=C1CCC(N2C(=O)c3ccc(-c4cn(C5CCCCNC5=O)nn4)cc3C2=O)C(=O)N1. The zero-order valence-electron chi connectivity index (χ0n) is 17.0. The number of amides is 5. The van der Waals surface area contributed by atoms with Crippen LogP contribution in [0.5, 0.6) is 0 Å². The summed E-state index contributed by atoms with van der Waals surface area (Å²) >= 11 is 0. The first-order valence-electron chi connectivity index (χ1n) is 10.5. The van der Waals surface area contributed by atoms with E-state index < -0.39 is 35.7 Å². The molecule has 4 heterocycles. The highest BCUT2D eigenvalue weighted by atomic mass is 16.2. The molecule has 0 spiro atoms. The van der Waals surface area contributed by atoms with E-state index in [9.17, 15) is 24.0 Å². The number of piperidine rings is 1. The summed E-state index contributed by atoms with van der Waals surface area (Å²) in [7, 11) is 0. The minimum atomic E-state index is -1.02. The summed E-state index contributed by atoms with van der Waals surface area (Å²) < 4.78 is 1.52. The van der Waals surface area contributed by atoms with Gasteiger partial charge in [-0.3, -0.25) is 34.2 Å². The molecule has 32 heavy (non-hydrogen) atoms. The van der Waals surface area contributed by atoms with Crippen LogP contribution >= 0.6 is 0 Å². The van der Waals surface area contributed by atoms with Crippen molar-refractivity contribution in [3.05, 3.63) is 35.5 Å². The maximum Gasteiger partial charge on any atom is 0.262 e. The maximum atomic E-state index is 13.0. The normalized spacial score (nSPS) is 23.6. The van der Waals surface area contributed by atoms with E-state index in [4.69, 9.17) is 0 Å². The fraction of sp³-hybridized carbons (Fsp3) is 0.381. The smallest absolute Gasteiger partial charge is 0.262 e. The highest BCUT2D eigenvalue weighted by molar-refractivity contribution is 6.23. The van der Waals surface area contributed by atoms with Gasteiger partial charge in [0, 0.05) is 18.5 Å². The van der Waals surface area contributed by atoms with E-state index in [0.717, 1.165) is 17.7 Å². The summed E-state index contributed by atoms with van der Waals surface area (Å²) in [4.78, 5) is 62.6. The van der Waals surface area contributed by atoms with Crippen molar-refractivity contribution in [2.75, 3.05) is 6.54 Å². The molecule has 2 aromatic rings. The van der Waals surface area contributed by atoms with Gasteiger partial charge in [-0.05, 0) is 37.8 Å². The van der Waals surface area contributed by atoms with Gasteiger partial charge < -0.3 is 5.32 Å². The molecule has 2 unspecified atom stereocenters. The second-order valence-electron chi connectivity index (χ2n) is 8.09. The summed E-state index contributed by atoms with van der Waals surface area (Å²) in [6, 6.07) is 3.26. The van der Waals surface area contributed by atoms with Gasteiger partial charge >= 0.3 is 0 Å². The lowest BCUT2D eigenvalue weighted by Crippen LogP contribution is -2.54. The minimum Gasteiger partial charge on any atom is -0.354 e. The van der Waals surface area contributed by atoms with Gasteiger partial charge in [-0.25, -0.2) is 4.68 Å². The lowest BCUT2D eigenvalue weighted by Gasteiger charge is -2.27. The molecule has 0 saturated carbocycles. The van der Waals surface area contributed by atoms with Crippen molar-refractivity contribution in [3.8, 4) is 11.3 Å². The second kappa shape index (κ2) is 7.66. The molecular weight excluding hydrogens is 416 g/mol. The molecule has 2 saturated heterocycles. The molecule has 5 amide bonds. The van der Waals surface area contributed by atoms with Crippen LogP contribution in [-0.2, 0) is 14.4 Å². The van der Waals surface area contributed by atoms with E-state index in [0.29, 0.717) is 24.2 Å². The average Bonchev–Trinajstić information content (AvgIpc) is 3.27. The average molecular weight is 436 g/mol. The summed E-state index contributed by atoms with van der Waals surface area (Å²) in [6.45, 7) is 0.640. The van der Waals surface area contributed by atoms with Gasteiger partial charge in [0.1, 0.15) is 17.8 Å². The first kappa shape index (κ1) is 20.0. The Kier molecular flexibility index (Phi) is 4.80. The zero-order valence-corrected chi connectivity index (χ0v) is 17.0. The number of aromatic nitrogens is 3. The molecule has 3 aliphatic heterocycles. The van der Waals surface area contributed by atoms with Crippen molar-refractivity contribution in [1.29, 1.82) is 0 Å². The van der Waals surface area contributed by atoms with Gasteiger partial charge in [0.25, 0.3) is 11.8 Å². The number of benzene rings is 1. The van der Waals surface area contributed by atoms with Gasteiger partial charge in [0.2, 0.25) is 17.7 Å². The van der Waals surface area contributed by atoms with E-state index in [1.807, 2.05) is 0 Å². The second-order valence-corrected chi connectivity index (χ2v) is 8.09. The van der Waals surface area contributed by atoms with Gasteiger partial charge in [-0.1, -0.05) is 11.3 Å². The van der Waals surface area contributed by atoms with Gasteiger partial charge in [-0.15, -0.1) is 5.10 Å². The van der Waals surface area contributed by atoms with E-state index in [2.05, 4.69) is 20.9 Å². The Morgan fingerprint density at radius 1 is 0.906 bits per heavy atom. The van der Waals surface area contributed by atoms with Crippen LogP contribution in [-0.4, -0.2) is 62.0 Å². The number of nitrogens with one attached hydrogen (secondary N) is 2. The molecule has 11 heteroatoms. The quantitative estimate of drug-likeness (QED) is 0.654. The predicted octanol–water partition coefficient (Wildman–Crippen LogP) is 0.188. The summed E-state index contributed by atoms with van der Waals surface area (Å²) in [5, 5.41) is 13.3. The van der Waals surface area contributed by atoms with Crippen LogP contribution < -0.4 is 10.6 Å². The molecule has 1 aromatic heterocycles. The van der Waals surface area contributed by atoms with Crippen LogP contribution in [0.3, 0.4) is 0 Å².